The average Bonchev–Trinajstić information content (AvgIpc) is 3.46. The van der Waals surface area contributed by atoms with Crippen LogP contribution in [0.1, 0.15) is 19.8 Å². The maximum atomic E-state index is 11.8. The second kappa shape index (κ2) is 7.95. The predicted molar refractivity (Wildman–Crippen MR) is 104 cm³/mol. The molecule has 0 radical (unpaired) electrons. The zero-order valence-corrected chi connectivity index (χ0v) is 15.7. The Kier molecular flexibility index (Phi) is 5.66. The lowest BCUT2D eigenvalue weighted by molar-refractivity contribution is 0.105. The van der Waals surface area contributed by atoms with Crippen LogP contribution in [0.25, 0.3) is 10.9 Å². The molecule has 2 aliphatic rings. The minimum absolute atomic E-state index is 0. The predicted octanol–water partition coefficient (Wildman–Crippen LogP) is 2.90. The van der Waals surface area contributed by atoms with Crippen molar-refractivity contribution in [3.8, 4) is 0 Å². The van der Waals surface area contributed by atoms with E-state index in [4.69, 9.17) is 14.7 Å². The normalized spacial score (nSPS) is 17.0. The van der Waals surface area contributed by atoms with Crippen LogP contribution in [-0.4, -0.2) is 59.8 Å². The molecule has 0 unspecified atom stereocenters. The molecular formula is C18H24ClN5O2. The molecule has 7 nitrogen and oxygen atoms in total. The van der Waals surface area contributed by atoms with Gasteiger partial charge in [0, 0.05) is 37.6 Å². The summed E-state index contributed by atoms with van der Waals surface area (Å²) in [5, 5.41) is 4.58. The van der Waals surface area contributed by atoms with E-state index in [2.05, 4.69) is 16.3 Å². The number of para-hydroxylation sites is 1. The molecule has 2 heterocycles. The third-order valence-electron chi connectivity index (χ3n) is 4.60. The molecule has 2 fully saturated rings. The third kappa shape index (κ3) is 3.93. The Morgan fingerprint density at radius 2 is 1.92 bits per heavy atom. The van der Waals surface area contributed by atoms with Crippen LogP contribution in [0.2, 0.25) is 0 Å². The first-order chi connectivity index (χ1) is 12.2. The number of fused-ring (bicyclic) bond motifs is 1. The highest BCUT2D eigenvalue weighted by Crippen LogP contribution is 2.29. The number of halogens is 1. The molecule has 1 aliphatic heterocycles. The fourth-order valence-corrected chi connectivity index (χ4v) is 3.04. The van der Waals surface area contributed by atoms with Crippen LogP contribution in [-0.2, 0) is 4.74 Å². The summed E-state index contributed by atoms with van der Waals surface area (Å²) in [5.74, 6) is 1.64. The van der Waals surface area contributed by atoms with Gasteiger partial charge in [-0.3, -0.25) is 0 Å². The van der Waals surface area contributed by atoms with Crippen LogP contribution in [0.4, 0.5) is 16.6 Å². The van der Waals surface area contributed by atoms with E-state index >= 15 is 0 Å². The van der Waals surface area contributed by atoms with Crippen molar-refractivity contribution in [1.82, 2.24) is 14.9 Å². The monoisotopic (exact) mass is 377 g/mol. The molecule has 1 aromatic heterocycles. The molecule has 0 atom stereocenters. The molecule has 0 spiro atoms. The van der Waals surface area contributed by atoms with Crippen molar-refractivity contribution in [1.29, 1.82) is 0 Å². The number of nitrogens with zero attached hydrogens (tertiary/aromatic N) is 4. The fourth-order valence-electron chi connectivity index (χ4n) is 3.04. The van der Waals surface area contributed by atoms with Gasteiger partial charge in [-0.15, -0.1) is 12.4 Å². The summed E-state index contributed by atoms with van der Waals surface area (Å²) in [4.78, 5) is 25.2. The number of piperazine rings is 1. The molecule has 1 aromatic carbocycles. The molecule has 26 heavy (non-hydrogen) atoms. The van der Waals surface area contributed by atoms with Gasteiger partial charge in [-0.25, -0.2) is 9.78 Å². The van der Waals surface area contributed by atoms with Gasteiger partial charge in [-0.2, -0.15) is 4.98 Å². The van der Waals surface area contributed by atoms with Crippen molar-refractivity contribution >= 4 is 41.2 Å². The summed E-state index contributed by atoms with van der Waals surface area (Å²) in [6.07, 6.45) is 2.16. The topological polar surface area (TPSA) is 70.6 Å². The summed E-state index contributed by atoms with van der Waals surface area (Å²) >= 11 is 0. The largest absolute Gasteiger partial charge is 0.450 e. The Balaban J connectivity index is 0.00000196. The fraction of sp³-hybridized carbons (Fsp3) is 0.500. The molecule has 1 N–H and O–H groups in total. The highest BCUT2D eigenvalue weighted by molar-refractivity contribution is 5.90. The number of nitrogens with one attached hydrogen (secondary N) is 1. The van der Waals surface area contributed by atoms with Crippen LogP contribution < -0.4 is 10.2 Å². The number of carbonyl (C=O) groups is 1. The van der Waals surface area contributed by atoms with Crippen molar-refractivity contribution in [2.24, 2.45) is 0 Å². The minimum atomic E-state index is -0.238. The highest BCUT2D eigenvalue weighted by Gasteiger charge is 2.26. The molecule has 4 rings (SSSR count). The maximum Gasteiger partial charge on any atom is 0.409 e. The highest BCUT2D eigenvalue weighted by atomic mass is 35.5. The number of carbonyl (C=O) groups excluding carboxylic acids is 1. The molecule has 1 aliphatic carbocycles. The van der Waals surface area contributed by atoms with E-state index in [9.17, 15) is 4.79 Å². The zero-order valence-electron chi connectivity index (χ0n) is 14.9. The number of rotatable bonds is 4. The average molecular weight is 378 g/mol. The second-order valence-corrected chi connectivity index (χ2v) is 6.48. The van der Waals surface area contributed by atoms with Gasteiger partial charge in [0.15, 0.2) is 0 Å². The van der Waals surface area contributed by atoms with Crippen molar-refractivity contribution in [3.05, 3.63) is 24.3 Å². The van der Waals surface area contributed by atoms with Crippen molar-refractivity contribution in [2.75, 3.05) is 43.0 Å². The van der Waals surface area contributed by atoms with E-state index < -0.39 is 0 Å². The lowest BCUT2D eigenvalue weighted by Crippen LogP contribution is -2.49. The van der Waals surface area contributed by atoms with Gasteiger partial charge in [-0.1, -0.05) is 12.1 Å². The smallest absolute Gasteiger partial charge is 0.409 e. The van der Waals surface area contributed by atoms with Crippen LogP contribution in [0.5, 0.6) is 0 Å². The number of anilines is 2. The van der Waals surface area contributed by atoms with Crippen molar-refractivity contribution in [2.45, 2.75) is 25.8 Å². The van der Waals surface area contributed by atoms with E-state index in [-0.39, 0.29) is 18.5 Å². The minimum Gasteiger partial charge on any atom is -0.450 e. The van der Waals surface area contributed by atoms with Crippen LogP contribution in [0, 0.1) is 0 Å². The molecule has 140 valence electrons. The molecule has 2 aromatic rings. The lowest BCUT2D eigenvalue weighted by atomic mass is 10.2. The van der Waals surface area contributed by atoms with Gasteiger partial charge < -0.3 is 19.9 Å². The second-order valence-electron chi connectivity index (χ2n) is 6.48. The lowest BCUT2D eigenvalue weighted by Gasteiger charge is -2.34. The molecule has 1 saturated heterocycles. The van der Waals surface area contributed by atoms with Gasteiger partial charge in [0.05, 0.1) is 12.1 Å². The number of aromatic nitrogens is 2. The first-order valence-corrected chi connectivity index (χ1v) is 8.94. The number of amides is 1. The molecule has 1 saturated carbocycles. The van der Waals surface area contributed by atoms with Crippen LogP contribution in [0.15, 0.2) is 24.3 Å². The first kappa shape index (κ1) is 18.5. The first-order valence-electron chi connectivity index (χ1n) is 8.94. The molecule has 1 amide bonds. The van der Waals surface area contributed by atoms with E-state index in [0.717, 1.165) is 22.7 Å². The van der Waals surface area contributed by atoms with E-state index in [1.54, 1.807) is 4.90 Å². The van der Waals surface area contributed by atoms with Crippen molar-refractivity contribution in [3.63, 3.8) is 0 Å². The van der Waals surface area contributed by atoms with Crippen LogP contribution >= 0.6 is 12.4 Å². The quantitative estimate of drug-likeness (QED) is 0.883. The number of hydrogen-bond acceptors (Lipinski definition) is 6. The Labute approximate surface area is 159 Å². The summed E-state index contributed by atoms with van der Waals surface area (Å²) in [7, 11) is 0. The van der Waals surface area contributed by atoms with E-state index in [1.807, 2.05) is 25.1 Å². The Morgan fingerprint density at radius 3 is 2.62 bits per heavy atom. The Hall–Kier alpha value is -2.28. The number of hydrogen-bond donors (Lipinski definition) is 1. The van der Waals surface area contributed by atoms with E-state index in [1.165, 1.54) is 12.8 Å². The van der Waals surface area contributed by atoms with Gasteiger partial charge >= 0.3 is 6.09 Å². The molecule has 0 bridgehead atoms. The SMILES string of the molecule is CCOC(=O)N1CCN(c2nc(NC3CC3)c3ccccc3n2)CC1.Cl. The van der Waals surface area contributed by atoms with Gasteiger partial charge in [0.1, 0.15) is 5.82 Å². The van der Waals surface area contributed by atoms with Gasteiger partial charge in [0.2, 0.25) is 5.95 Å². The van der Waals surface area contributed by atoms with Crippen molar-refractivity contribution < 1.29 is 9.53 Å². The van der Waals surface area contributed by atoms with E-state index in [0.29, 0.717) is 38.8 Å². The van der Waals surface area contributed by atoms with Gasteiger partial charge in [-0.05, 0) is 31.9 Å². The number of benzene rings is 1. The third-order valence-corrected chi connectivity index (χ3v) is 4.60. The summed E-state index contributed by atoms with van der Waals surface area (Å²) in [6.45, 7) is 4.90. The summed E-state index contributed by atoms with van der Waals surface area (Å²) < 4.78 is 5.08. The van der Waals surface area contributed by atoms with Gasteiger partial charge in [0.25, 0.3) is 0 Å². The molecule has 8 heteroatoms. The Bertz CT molecular complexity index is 775. The number of ether oxygens (including phenoxy) is 1. The Morgan fingerprint density at radius 1 is 1.19 bits per heavy atom. The standard InChI is InChI=1S/C18H23N5O2.ClH/c1-2-25-18(24)23-11-9-22(10-12-23)17-20-15-6-4-3-5-14(15)16(21-17)19-13-7-8-13;/h3-6,13H,2,7-12H2,1H3,(H,19,20,21);1H. The summed E-state index contributed by atoms with van der Waals surface area (Å²) in [5.41, 5.74) is 0.948. The summed E-state index contributed by atoms with van der Waals surface area (Å²) in [6, 6.07) is 8.63. The molecular weight excluding hydrogens is 354 g/mol. The zero-order chi connectivity index (χ0) is 17.2. The van der Waals surface area contributed by atoms with Crippen LogP contribution in [0.3, 0.4) is 0 Å². The maximum absolute atomic E-state index is 11.8.